The highest BCUT2D eigenvalue weighted by Crippen LogP contribution is 2.34. The first-order valence-corrected chi connectivity index (χ1v) is 13.7. The van der Waals surface area contributed by atoms with Gasteiger partial charge < -0.3 is 10.1 Å². The van der Waals surface area contributed by atoms with Crippen LogP contribution < -0.4 is 10.9 Å². The summed E-state index contributed by atoms with van der Waals surface area (Å²) in [6.45, 7) is 5.49. The second-order valence-electron chi connectivity index (χ2n) is 8.95. The summed E-state index contributed by atoms with van der Waals surface area (Å²) < 4.78 is 6.49. The Morgan fingerprint density at radius 1 is 1.17 bits per heavy atom. The first-order chi connectivity index (χ1) is 17.4. The third-order valence-electron chi connectivity index (χ3n) is 6.65. The zero-order valence-corrected chi connectivity index (χ0v) is 22.1. The van der Waals surface area contributed by atoms with Gasteiger partial charge in [0.25, 0.3) is 5.56 Å². The molecule has 1 aliphatic carbocycles. The topological polar surface area (TPSA) is 90.3 Å². The molecule has 1 aliphatic rings. The quantitative estimate of drug-likeness (QED) is 0.339. The van der Waals surface area contributed by atoms with Crippen LogP contribution in [0.5, 0.6) is 0 Å². The van der Waals surface area contributed by atoms with Crippen molar-refractivity contribution >= 4 is 49.8 Å². The van der Waals surface area contributed by atoms with E-state index in [1.165, 1.54) is 57.5 Å². The number of aromatic nitrogens is 2. The number of carbonyl (C=O) groups is 2. The molecule has 3 aromatic heterocycles. The monoisotopic (exact) mass is 521 g/mol. The number of amides is 1. The van der Waals surface area contributed by atoms with Gasteiger partial charge in [-0.3, -0.25) is 14.2 Å². The number of carbonyl (C=O) groups excluding carboxylic acids is 2. The molecular weight excluding hydrogens is 494 g/mol. The van der Waals surface area contributed by atoms with Gasteiger partial charge in [-0.15, -0.1) is 22.7 Å². The van der Waals surface area contributed by atoms with Crippen molar-refractivity contribution in [2.45, 2.75) is 53.0 Å². The molecular formula is C27H27N3O4S2. The fourth-order valence-electron chi connectivity index (χ4n) is 4.68. The zero-order valence-electron chi connectivity index (χ0n) is 20.5. The summed E-state index contributed by atoms with van der Waals surface area (Å²) in [5.74, 6) is -0.876. The van der Waals surface area contributed by atoms with Gasteiger partial charge >= 0.3 is 5.97 Å². The van der Waals surface area contributed by atoms with Crippen LogP contribution >= 0.6 is 22.7 Å². The number of benzene rings is 1. The Labute approximate surface area is 216 Å². The normalized spacial score (nSPS) is 13.0. The van der Waals surface area contributed by atoms with Crippen molar-refractivity contribution in [3.8, 4) is 11.1 Å². The summed E-state index contributed by atoms with van der Waals surface area (Å²) in [6, 6.07) is 6.44. The second-order valence-corrected chi connectivity index (χ2v) is 11.0. The lowest BCUT2D eigenvalue weighted by molar-refractivity contribution is -0.116. The number of nitrogens with zero attached hydrogens (tertiary/aromatic N) is 2. The zero-order chi connectivity index (χ0) is 25.4. The molecule has 1 amide bonds. The molecule has 7 nitrogen and oxygen atoms in total. The minimum Gasteiger partial charge on any atom is -0.462 e. The standard InChI is InChI=1S/C27H27N3O4S2/c1-4-34-27(33)22-15(2)16(3)36-25(22)29-21(31)12-30-14-28-24-23(26(30)32)20(13-35-24)19-10-9-17-7-5-6-8-18(17)11-19/h9-11,13-14H,4-8,12H2,1-3H3,(H,29,31). The molecule has 36 heavy (non-hydrogen) atoms. The van der Waals surface area contributed by atoms with Crippen LogP contribution in [0.25, 0.3) is 21.3 Å². The maximum absolute atomic E-state index is 13.5. The summed E-state index contributed by atoms with van der Waals surface area (Å²) in [4.78, 5) is 44.9. The van der Waals surface area contributed by atoms with E-state index >= 15 is 0 Å². The van der Waals surface area contributed by atoms with Crippen molar-refractivity contribution < 1.29 is 14.3 Å². The van der Waals surface area contributed by atoms with Crippen LogP contribution in [-0.2, 0) is 28.9 Å². The van der Waals surface area contributed by atoms with Crippen LogP contribution in [0.4, 0.5) is 5.00 Å². The van der Waals surface area contributed by atoms with Gasteiger partial charge in [0.2, 0.25) is 5.91 Å². The van der Waals surface area contributed by atoms with Gasteiger partial charge in [-0.25, -0.2) is 9.78 Å². The highest BCUT2D eigenvalue weighted by Gasteiger charge is 2.23. The molecule has 0 spiro atoms. The minimum absolute atomic E-state index is 0.209. The Morgan fingerprint density at radius 2 is 1.94 bits per heavy atom. The first kappa shape index (κ1) is 24.4. The molecule has 0 fully saturated rings. The average molecular weight is 522 g/mol. The first-order valence-electron chi connectivity index (χ1n) is 12.0. The van der Waals surface area contributed by atoms with Crippen LogP contribution in [0.3, 0.4) is 0 Å². The molecule has 0 saturated heterocycles. The largest absolute Gasteiger partial charge is 0.462 e. The Balaban J connectivity index is 1.44. The Bertz CT molecular complexity index is 1550. The molecule has 5 rings (SSSR count). The highest BCUT2D eigenvalue weighted by molar-refractivity contribution is 7.17. The van der Waals surface area contributed by atoms with Gasteiger partial charge in [0.15, 0.2) is 0 Å². The van der Waals surface area contributed by atoms with E-state index in [1.54, 1.807) is 6.92 Å². The lowest BCUT2D eigenvalue weighted by Gasteiger charge is -2.16. The van der Waals surface area contributed by atoms with E-state index < -0.39 is 11.9 Å². The van der Waals surface area contributed by atoms with E-state index in [2.05, 4.69) is 28.5 Å². The van der Waals surface area contributed by atoms with E-state index in [-0.39, 0.29) is 18.7 Å². The fraction of sp³-hybridized carbons (Fsp3) is 0.333. The Kier molecular flexibility index (Phi) is 6.77. The van der Waals surface area contributed by atoms with Gasteiger partial charge in [-0.2, -0.15) is 0 Å². The average Bonchev–Trinajstić information content (AvgIpc) is 3.41. The van der Waals surface area contributed by atoms with Crippen LogP contribution in [0.2, 0.25) is 0 Å². The highest BCUT2D eigenvalue weighted by atomic mass is 32.1. The number of hydrogen-bond donors (Lipinski definition) is 1. The molecule has 0 saturated carbocycles. The summed E-state index contributed by atoms with van der Waals surface area (Å²) in [5.41, 5.74) is 5.48. The van der Waals surface area contributed by atoms with Gasteiger partial charge in [-0.1, -0.05) is 18.2 Å². The number of anilines is 1. The van der Waals surface area contributed by atoms with Gasteiger partial charge in [0, 0.05) is 15.8 Å². The number of rotatable bonds is 6. The van der Waals surface area contributed by atoms with Gasteiger partial charge in [-0.05, 0) is 68.7 Å². The molecule has 4 aromatic rings. The predicted molar refractivity (Wildman–Crippen MR) is 144 cm³/mol. The van der Waals surface area contributed by atoms with E-state index in [1.807, 2.05) is 19.2 Å². The number of thiophene rings is 2. The number of nitrogens with one attached hydrogen (secondary N) is 1. The van der Waals surface area contributed by atoms with Gasteiger partial charge in [0.1, 0.15) is 16.4 Å². The number of hydrogen-bond acceptors (Lipinski definition) is 7. The summed E-state index contributed by atoms with van der Waals surface area (Å²) in [6.07, 6.45) is 5.98. The lowest BCUT2D eigenvalue weighted by atomic mass is 9.89. The second kappa shape index (κ2) is 9.99. The van der Waals surface area contributed by atoms with E-state index in [4.69, 9.17) is 4.74 Å². The van der Waals surface area contributed by atoms with Gasteiger partial charge in [0.05, 0.1) is 23.9 Å². The summed E-state index contributed by atoms with van der Waals surface area (Å²) in [7, 11) is 0. The minimum atomic E-state index is -0.470. The van der Waals surface area contributed by atoms with Crippen molar-refractivity contribution in [1.82, 2.24) is 9.55 Å². The summed E-state index contributed by atoms with van der Waals surface area (Å²) >= 11 is 2.75. The molecule has 9 heteroatoms. The summed E-state index contributed by atoms with van der Waals surface area (Å²) in [5, 5.41) is 5.73. The van der Waals surface area contributed by atoms with Crippen molar-refractivity contribution in [3.63, 3.8) is 0 Å². The lowest BCUT2D eigenvalue weighted by Crippen LogP contribution is -2.28. The van der Waals surface area contributed by atoms with E-state index in [9.17, 15) is 14.4 Å². The Morgan fingerprint density at radius 3 is 2.72 bits per heavy atom. The fourth-order valence-corrected chi connectivity index (χ4v) is 6.65. The molecule has 0 radical (unpaired) electrons. The SMILES string of the molecule is CCOC(=O)c1c(NC(=O)Cn2cnc3scc(-c4ccc5c(c4)CCCC5)c3c2=O)sc(C)c1C. The number of aryl methyl sites for hydroxylation is 3. The van der Waals surface area contributed by atoms with Crippen molar-refractivity contribution in [3.05, 3.63) is 67.4 Å². The molecule has 0 atom stereocenters. The molecule has 1 aromatic carbocycles. The Hall–Kier alpha value is -3.30. The number of esters is 1. The molecule has 3 heterocycles. The molecule has 0 aliphatic heterocycles. The van der Waals surface area contributed by atoms with Crippen molar-refractivity contribution in [2.24, 2.45) is 0 Å². The van der Waals surface area contributed by atoms with Crippen LogP contribution in [0.15, 0.2) is 34.7 Å². The predicted octanol–water partition coefficient (Wildman–Crippen LogP) is 5.50. The third kappa shape index (κ3) is 4.49. The molecule has 186 valence electrons. The van der Waals surface area contributed by atoms with Crippen LogP contribution in [0.1, 0.15) is 51.7 Å². The van der Waals surface area contributed by atoms with Crippen LogP contribution in [0, 0.1) is 13.8 Å². The third-order valence-corrected chi connectivity index (χ3v) is 8.66. The van der Waals surface area contributed by atoms with Crippen LogP contribution in [-0.4, -0.2) is 28.0 Å². The van der Waals surface area contributed by atoms with E-state index in [0.717, 1.165) is 34.4 Å². The molecule has 1 N–H and O–H groups in total. The number of fused-ring (bicyclic) bond motifs is 2. The number of ether oxygens (including phenoxy) is 1. The van der Waals surface area contributed by atoms with Crippen molar-refractivity contribution in [1.29, 1.82) is 0 Å². The smallest absolute Gasteiger partial charge is 0.341 e. The van der Waals surface area contributed by atoms with Crippen molar-refractivity contribution in [2.75, 3.05) is 11.9 Å². The molecule has 0 unspecified atom stereocenters. The maximum atomic E-state index is 13.5. The molecule has 0 bridgehead atoms. The maximum Gasteiger partial charge on any atom is 0.341 e. The van der Waals surface area contributed by atoms with E-state index in [0.29, 0.717) is 20.8 Å².